The number of hydrogen-bond donors (Lipinski definition) is 0. The van der Waals surface area contributed by atoms with E-state index in [1.165, 1.54) is 13.2 Å². The van der Waals surface area contributed by atoms with Gasteiger partial charge in [-0.1, -0.05) is 0 Å². The second-order valence-electron chi connectivity index (χ2n) is 4.72. The molecule has 0 radical (unpaired) electrons. The van der Waals surface area contributed by atoms with E-state index in [9.17, 15) is 9.18 Å². The lowest BCUT2D eigenvalue weighted by atomic mass is 9.96. The Morgan fingerprint density at radius 2 is 2.06 bits per heavy atom. The van der Waals surface area contributed by atoms with E-state index in [0.29, 0.717) is 0 Å². The summed E-state index contributed by atoms with van der Waals surface area (Å²) in [6.07, 6.45) is 1.59. The number of rotatable bonds is 2. The average Bonchev–Trinajstić information content (AvgIpc) is 2.38. The van der Waals surface area contributed by atoms with Crippen LogP contribution in [0.4, 0.5) is 10.1 Å². The molecule has 1 aromatic rings. The number of anilines is 1. The van der Waals surface area contributed by atoms with Crippen LogP contribution in [-0.2, 0) is 9.53 Å². The maximum Gasteiger partial charge on any atom is 0.308 e. The van der Waals surface area contributed by atoms with E-state index < -0.39 is 0 Å². The largest absolute Gasteiger partial charge is 0.469 e. The molecule has 1 saturated heterocycles. The molecule has 4 heteroatoms. The zero-order chi connectivity index (χ0) is 13.1. The van der Waals surface area contributed by atoms with E-state index in [0.717, 1.165) is 37.2 Å². The van der Waals surface area contributed by atoms with Crippen molar-refractivity contribution in [3.8, 4) is 0 Å². The number of piperidine rings is 1. The number of halogens is 1. The van der Waals surface area contributed by atoms with Gasteiger partial charge in [-0.3, -0.25) is 4.79 Å². The molecule has 1 aromatic carbocycles. The molecule has 0 atom stereocenters. The number of benzene rings is 1. The predicted octanol–water partition coefficient (Wildman–Crippen LogP) is 2.52. The highest BCUT2D eigenvalue weighted by Gasteiger charge is 2.26. The highest BCUT2D eigenvalue weighted by Crippen LogP contribution is 2.27. The Kier molecular flexibility index (Phi) is 3.84. The summed E-state index contributed by atoms with van der Waals surface area (Å²) in [5, 5.41) is 0. The first-order chi connectivity index (χ1) is 8.61. The first kappa shape index (κ1) is 12.9. The topological polar surface area (TPSA) is 29.5 Å². The molecule has 0 amide bonds. The number of aryl methyl sites for hydroxylation is 1. The summed E-state index contributed by atoms with van der Waals surface area (Å²) < 4.78 is 17.8. The van der Waals surface area contributed by atoms with Gasteiger partial charge in [0, 0.05) is 18.8 Å². The fraction of sp³-hybridized carbons (Fsp3) is 0.500. The molecular formula is C14H18FNO2. The molecule has 3 nitrogen and oxygen atoms in total. The van der Waals surface area contributed by atoms with Gasteiger partial charge in [0.05, 0.1) is 13.0 Å². The van der Waals surface area contributed by atoms with Crippen molar-refractivity contribution in [3.63, 3.8) is 0 Å². The van der Waals surface area contributed by atoms with Gasteiger partial charge < -0.3 is 9.64 Å². The number of methoxy groups -OCH3 is 1. The van der Waals surface area contributed by atoms with Crippen molar-refractivity contribution in [1.29, 1.82) is 0 Å². The molecule has 1 aliphatic heterocycles. The number of carbonyl (C=O) groups excluding carboxylic acids is 1. The molecule has 18 heavy (non-hydrogen) atoms. The smallest absolute Gasteiger partial charge is 0.308 e. The van der Waals surface area contributed by atoms with E-state index in [-0.39, 0.29) is 17.7 Å². The summed E-state index contributed by atoms with van der Waals surface area (Å²) in [5.74, 6) is -0.321. The summed E-state index contributed by atoms with van der Waals surface area (Å²) in [7, 11) is 1.43. The van der Waals surface area contributed by atoms with Gasteiger partial charge in [-0.15, -0.1) is 0 Å². The second kappa shape index (κ2) is 5.38. The van der Waals surface area contributed by atoms with E-state index >= 15 is 0 Å². The van der Waals surface area contributed by atoms with Crippen LogP contribution in [0.15, 0.2) is 18.2 Å². The number of carbonyl (C=O) groups is 1. The molecule has 1 fully saturated rings. The van der Waals surface area contributed by atoms with Gasteiger partial charge in [-0.05, 0) is 43.5 Å². The molecule has 98 valence electrons. The van der Waals surface area contributed by atoms with Gasteiger partial charge in [-0.25, -0.2) is 4.39 Å². The molecule has 0 bridgehead atoms. The molecule has 0 unspecified atom stereocenters. The predicted molar refractivity (Wildman–Crippen MR) is 68.1 cm³/mol. The van der Waals surface area contributed by atoms with Crippen molar-refractivity contribution in [3.05, 3.63) is 29.6 Å². The molecule has 0 aliphatic carbocycles. The fourth-order valence-corrected chi connectivity index (χ4v) is 2.50. The summed E-state index contributed by atoms with van der Waals surface area (Å²) >= 11 is 0. The zero-order valence-corrected chi connectivity index (χ0v) is 10.8. The number of nitrogens with zero attached hydrogens (tertiary/aromatic N) is 1. The highest BCUT2D eigenvalue weighted by atomic mass is 19.1. The third-order valence-corrected chi connectivity index (χ3v) is 3.53. The third kappa shape index (κ3) is 2.63. The minimum atomic E-state index is -0.208. The van der Waals surface area contributed by atoms with Gasteiger partial charge in [0.2, 0.25) is 0 Å². The molecule has 0 spiro atoms. The average molecular weight is 251 g/mol. The second-order valence-corrected chi connectivity index (χ2v) is 4.72. The lowest BCUT2D eigenvalue weighted by molar-refractivity contribution is -0.146. The molecule has 1 heterocycles. The lowest BCUT2D eigenvalue weighted by Gasteiger charge is -2.33. The van der Waals surface area contributed by atoms with E-state index in [4.69, 9.17) is 4.74 Å². The Morgan fingerprint density at radius 3 is 2.61 bits per heavy atom. The minimum absolute atomic E-state index is 0.00649. The van der Waals surface area contributed by atoms with Gasteiger partial charge in [-0.2, -0.15) is 0 Å². The van der Waals surface area contributed by atoms with Crippen molar-refractivity contribution in [2.24, 2.45) is 5.92 Å². The SMILES string of the molecule is COC(=O)C1CCN(c2ccc(F)cc2C)CC1. The van der Waals surface area contributed by atoms with Crippen LogP contribution >= 0.6 is 0 Å². The van der Waals surface area contributed by atoms with Gasteiger partial charge in [0.1, 0.15) is 5.82 Å². The zero-order valence-electron chi connectivity index (χ0n) is 10.8. The molecule has 0 saturated carbocycles. The standard InChI is InChI=1S/C14H18FNO2/c1-10-9-12(15)3-4-13(10)16-7-5-11(6-8-16)14(17)18-2/h3-4,9,11H,5-8H2,1-2H3. The van der Waals surface area contributed by atoms with E-state index in [1.54, 1.807) is 6.07 Å². The first-order valence-electron chi connectivity index (χ1n) is 6.20. The Labute approximate surface area is 107 Å². The molecule has 2 rings (SSSR count). The maximum atomic E-state index is 13.0. The Hall–Kier alpha value is -1.58. The molecule has 0 N–H and O–H groups in total. The van der Waals surface area contributed by atoms with Crippen LogP contribution < -0.4 is 4.90 Å². The Bertz CT molecular complexity index is 439. The van der Waals surface area contributed by atoms with Crippen LogP contribution in [0, 0.1) is 18.7 Å². The van der Waals surface area contributed by atoms with Gasteiger partial charge >= 0.3 is 5.97 Å². The van der Waals surface area contributed by atoms with E-state index in [1.807, 2.05) is 13.0 Å². The quantitative estimate of drug-likeness (QED) is 0.756. The molecule has 0 aromatic heterocycles. The summed E-state index contributed by atoms with van der Waals surface area (Å²) in [6.45, 7) is 3.53. The lowest BCUT2D eigenvalue weighted by Crippen LogP contribution is -2.37. The van der Waals surface area contributed by atoms with Crippen molar-refractivity contribution in [2.45, 2.75) is 19.8 Å². The van der Waals surface area contributed by atoms with E-state index in [2.05, 4.69) is 4.90 Å². The fourth-order valence-electron chi connectivity index (χ4n) is 2.50. The number of ether oxygens (including phenoxy) is 1. The van der Waals surface area contributed by atoms with Crippen molar-refractivity contribution >= 4 is 11.7 Å². The molecule has 1 aliphatic rings. The summed E-state index contributed by atoms with van der Waals surface area (Å²) in [5.41, 5.74) is 1.99. The third-order valence-electron chi connectivity index (χ3n) is 3.53. The highest BCUT2D eigenvalue weighted by molar-refractivity contribution is 5.72. The van der Waals surface area contributed by atoms with Crippen molar-refractivity contribution in [2.75, 3.05) is 25.1 Å². The van der Waals surface area contributed by atoms with Gasteiger partial charge in [0.25, 0.3) is 0 Å². The van der Waals surface area contributed by atoms with Crippen LogP contribution in [-0.4, -0.2) is 26.2 Å². The van der Waals surface area contributed by atoms with Crippen LogP contribution in [0.5, 0.6) is 0 Å². The molecular weight excluding hydrogens is 233 g/mol. The Morgan fingerprint density at radius 1 is 1.39 bits per heavy atom. The number of esters is 1. The van der Waals surface area contributed by atoms with Gasteiger partial charge in [0.15, 0.2) is 0 Å². The van der Waals surface area contributed by atoms with Crippen molar-refractivity contribution < 1.29 is 13.9 Å². The normalized spacial score (nSPS) is 16.7. The first-order valence-corrected chi connectivity index (χ1v) is 6.20. The monoisotopic (exact) mass is 251 g/mol. The van der Waals surface area contributed by atoms with Crippen LogP contribution in [0.25, 0.3) is 0 Å². The van der Waals surface area contributed by atoms with Crippen molar-refractivity contribution in [1.82, 2.24) is 0 Å². The summed E-state index contributed by atoms with van der Waals surface area (Å²) in [4.78, 5) is 13.6. The minimum Gasteiger partial charge on any atom is -0.469 e. The van der Waals surface area contributed by atoms with Crippen LogP contribution in [0.2, 0.25) is 0 Å². The summed E-state index contributed by atoms with van der Waals surface area (Å²) in [6, 6.07) is 4.83. The number of hydrogen-bond acceptors (Lipinski definition) is 3. The Balaban J connectivity index is 2.03. The van der Waals surface area contributed by atoms with Crippen LogP contribution in [0.3, 0.4) is 0 Å². The van der Waals surface area contributed by atoms with Crippen LogP contribution in [0.1, 0.15) is 18.4 Å². The maximum absolute atomic E-state index is 13.0.